The van der Waals surface area contributed by atoms with Crippen LogP contribution >= 0.6 is 12.4 Å². The second kappa shape index (κ2) is 10.1. The van der Waals surface area contributed by atoms with Gasteiger partial charge >= 0.3 is 0 Å². The van der Waals surface area contributed by atoms with Gasteiger partial charge in [-0.3, -0.25) is 9.59 Å². The predicted octanol–water partition coefficient (Wildman–Crippen LogP) is 3.40. The molecule has 2 amide bonds. The Labute approximate surface area is 186 Å². The van der Waals surface area contributed by atoms with Crippen molar-refractivity contribution in [2.75, 3.05) is 26.2 Å². The number of carbonyl (C=O) groups is 2. The topological polar surface area (TPSA) is 66.6 Å². The molecule has 0 aromatic heterocycles. The van der Waals surface area contributed by atoms with Crippen LogP contribution in [0, 0.1) is 11.3 Å². The number of likely N-dealkylation sites (tertiary alicyclic amines) is 2. The molecule has 0 radical (unpaired) electrons. The van der Waals surface area contributed by atoms with Crippen molar-refractivity contribution < 1.29 is 9.59 Å². The van der Waals surface area contributed by atoms with E-state index in [1.54, 1.807) is 0 Å². The van der Waals surface area contributed by atoms with Crippen molar-refractivity contribution in [1.29, 1.82) is 0 Å². The van der Waals surface area contributed by atoms with Gasteiger partial charge in [0.1, 0.15) is 0 Å². The summed E-state index contributed by atoms with van der Waals surface area (Å²) in [6.07, 6.45) is 8.56. The Bertz CT molecular complexity index is 718. The minimum absolute atomic E-state index is 0. The van der Waals surface area contributed by atoms with Gasteiger partial charge in [0.2, 0.25) is 11.8 Å². The molecule has 2 N–H and O–H groups in total. The lowest BCUT2D eigenvalue weighted by atomic mass is 9.77. The van der Waals surface area contributed by atoms with Crippen LogP contribution in [0.2, 0.25) is 0 Å². The highest BCUT2D eigenvalue weighted by Gasteiger charge is 2.45. The van der Waals surface area contributed by atoms with E-state index in [-0.39, 0.29) is 29.8 Å². The molecule has 3 fully saturated rings. The van der Waals surface area contributed by atoms with Gasteiger partial charge in [-0.05, 0) is 50.5 Å². The van der Waals surface area contributed by atoms with Crippen molar-refractivity contribution >= 4 is 24.2 Å². The Morgan fingerprint density at radius 2 is 1.87 bits per heavy atom. The fraction of sp³-hybridized carbons (Fsp3) is 0.667. The molecule has 1 spiro atoms. The largest absolute Gasteiger partial charge is 0.342 e. The van der Waals surface area contributed by atoms with Crippen LogP contribution in [0.25, 0.3) is 0 Å². The highest BCUT2D eigenvalue weighted by molar-refractivity contribution is 5.85. The van der Waals surface area contributed by atoms with Gasteiger partial charge in [0.25, 0.3) is 0 Å². The molecule has 1 aromatic rings. The van der Waals surface area contributed by atoms with E-state index in [1.165, 1.54) is 5.56 Å². The van der Waals surface area contributed by atoms with Crippen LogP contribution in [0.5, 0.6) is 0 Å². The van der Waals surface area contributed by atoms with Gasteiger partial charge < -0.3 is 15.5 Å². The number of nitrogens with zero attached hydrogens (tertiary/aromatic N) is 2. The molecule has 4 rings (SSSR count). The maximum Gasteiger partial charge on any atom is 0.225 e. The minimum atomic E-state index is 0. The smallest absolute Gasteiger partial charge is 0.225 e. The summed E-state index contributed by atoms with van der Waals surface area (Å²) in [5.74, 6) is 0.725. The molecule has 2 heterocycles. The van der Waals surface area contributed by atoms with Crippen LogP contribution in [0.4, 0.5) is 0 Å². The lowest BCUT2D eigenvalue weighted by Crippen LogP contribution is -2.47. The highest BCUT2D eigenvalue weighted by atomic mass is 35.5. The second-order valence-electron chi connectivity index (χ2n) is 9.53. The Hall–Kier alpha value is -1.59. The highest BCUT2D eigenvalue weighted by Crippen LogP contribution is 2.41. The van der Waals surface area contributed by atoms with E-state index in [0.29, 0.717) is 18.2 Å². The zero-order valence-corrected chi connectivity index (χ0v) is 18.7. The Balaban J connectivity index is 0.00000256. The first-order valence-electron chi connectivity index (χ1n) is 11.4. The zero-order chi connectivity index (χ0) is 20.3. The number of nitrogens with two attached hydrogens (primary N) is 1. The van der Waals surface area contributed by atoms with Crippen molar-refractivity contribution in [2.45, 2.75) is 63.8 Å². The van der Waals surface area contributed by atoms with E-state index in [4.69, 9.17) is 5.73 Å². The van der Waals surface area contributed by atoms with E-state index in [0.717, 1.165) is 77.5 Å². The SMILES string of the molecule is Cl.N[C@H]1CCC[C@@H](C(=O)N2CCC3(CC2)CC(=O)N(CCCc2ccccc2)C3)C1. The molecular weight excluding hydrogens is 398 g/mol. The van der Waals surface area contributed by atoms with Gasteiger partial charge in [-0.2, -0.15) is 0 Å². The monoisotopic (exact) mass is 433 g/mol. The molecule has 5 nitrogen and oxygen atoms in total. The van der Waals surface area contributed by atoms with Crippen molar-refractivity contribution in [1.82, 2.24) is 9.80 Å². The molecule has 1 aliphatic carbocycles. The fourth-order valence-electron chi connectivity index (χ4n) is 5.55. The molecule has 1 aromatic carbocycles. The van der Waals surface area contributed by atoms with Gasteiger partial charge in [0.15, 0.2) is 0 Å². The summed E-state index contributed by atoms with van der Waals surface area (Å²) in [5.41, 5.74) is 7.50. The Morgan fingerprint density at radius 1 is 1.13 bits per heavy atom. The number of halogens is 1. The number of benzene rings is 1. The molecule has 2 atom stereocenters. The molecule has 0 bridgehead atoms. The number of amides is 2. The molecule has 166 valence electrons. The number of hydrogen-bond donors (Lipinski definition) is 1. The van der Waals surface area contributed by atoms with Gasteiger partial charge in [0.05, 0.1) is 0 Å². The van der Waals surface area contributed by atoms with E-state index in [1.807, 2.05) is 6.07 Å². The maximum atomic E-state index is 12.9. The van der Waals surface area contributed by atoms with Gasteiger partial charge in [0, 0.05) is 50.0 Å². The molecule has 1 saturated carbocycles. The van der Waals surface area contributed by atoms with Crippen molar-refractivity contribution in [3.63, 3.8) is 0 Å². The van der Waals surface area contributed by atoms with E-state index >= 15 is 0 Å². The fourth-order valence-corrected chi connectivity index (χ4v) is 5.55. The first-order chi connectivity index (χ1) is 14.0. The predicted molar refractivity (Wildman–Crippen MR) is 121 cm³/mol. The summed E-state index contributed by atoms with van der Waals surface area (Å²) in [6, 6.07) is 10.7. The Morgan fingerprint density at radius 3 is 2.57 bits per heavy atom. The lowest BCUT2D eigenvalue weighted by molar-refractivity contribution is -0.139. The zero-order valence-electron chi connectivity index (χ0n) is 17.9. The normalized spacial score (nSPS) is 26.0. The van der Waals surface area contributed by atoms with Crippen LogP contribution < -0.4 is 5.73 Å². The standard InChI is InChI=1S/C24H35N3O2.ClH/c25-21-10-4-9-20(16-21)23(29)26-14-11-24(12-15-26)17-22(28)27(18-24)13-5-8-19-6-2-1-3-7-19;/h1-3,6-7,20-21H,4-5,8-18,25H2;1H/t20-,21+;/m1./s1. The molecular formula is C24H36ClN3O2. The Kier molecular flexibility index (Phi) is 7.81. The molecule has 2 aliphatic heterocycles. The molecule has 0 unspecified atom stereocenters. The van der Waals surface area contributed by atoms with Crippen LogP contribution in [-0.2, 0) is 16.0 Å². The molecule has 3 aliphatic rings. The molecule has 30 heavy (non-hydrogen) atoms. The summed E-state index contributed by atoms with van der Waals surface area (Å²) in [6.45, 7) is 3.32. The molecule has 6 heteroatoms. The summed E-state index contributed by atoms with van der Waals surface area (Å²) in [5, 5.41) is 0. The van der Waals surface area contributed by atoms with Crippen LogP contribution in [0.15, 0.2) is 30.3 Å². The number of carbonyl (C=O) groups excluding carboxylic acids is 2. The molecule has 2 saturated heterocycles. The average molecular weight is 434 g/mol. The van der Waals surface area contributed by atoms with Crippen molar-refractivity contribution in [2.24, 2.45) is 17.1 Å². The van der Waals surface area contributed by atoms with Gasteiger partial charge in [-0.25, -0.2) is 0 Å². The second-order valence-corrected chi connectivity index (χ2v) is 9.53. The van der Waals surface area contributed by atoms with Crippen LogP contribution in [0.1, 0.15) is 56.9 Å². The minimum Gasteiger partial charge on any atom is -0.342 e. The van der Waals surface area contributed by atoms with E-state index in [9.17, 15) is 9.59 Å². The third kappa shape index (κ3) is 5.36. The number of piperidine rings is 1. The lowest BCUT2D eigenvalue weighted by Gasteiger charge is -2.40. The van der Waals surface area contributed by atoms with Crippen LogP contribution in [0.3, 0.4) is 0 Å². The summed E-state index contributed by atoms with van der Waals surface area (Å²) >= 11 is 0. The van der Waals surface area contributed by atoms with Gasteiger partial charge in [-0.15, -0.1) is 12.4 Å². The quantitative estimate of drug-likeness (QED) is 0.773. The third-order valence-corrected chi connectivity index (χ3v) is 7.34. The number of rotatable bonds is 5. The maximum absolute atomic E-state index is 12.9. The summed E-state index contributed by atoms with van der Waals surface area (Å²) < 4.78 is 0. The first kappa shape index (κ1) is 23.1. The van der Waals surface area contributed by atoms with Crippen molar-refractivity contribution in [3.8, 4) is 0 Å². The average Bonchev–Trinajstić information content (AvgIpc) is 3.03. The van der Waals surface area contributed by atoms with Crippen molar-refractivity contribution in [3.05, 3.63) is 35.9 Å². The van der Waals surface area contributed by atoms with E-state index < -0.39 is 0 Å². The first-order valence-corrected chi connectivity index (χ1v) is 11.4. The summed E-state index contributed by atoms with van der Waals surface area (Å²) in [4.78, 5) is 29.6. The number of hydrogen-bond acceptors (Lipinski definition) is 3. The third-order valence-electron chi connectivity index (χ3n) is 7.34. The van der Waals surface area contributed by atoms with Gasteiger partial charge in [-0.1, -0.05) is 36.8 Å². The number of aryl methyl sites for hydroxylation is 1. The summed E-state index contributed by atoms with van der Waals surface area (Å²) in [7, 11) is 0. The van der Waals surface area contributed by atoms with E-state index in [2.05, 4.69) is 34.1 Å². The van der Waals surface area contributed by atoms with Crippen LogP contribution in [-0.4, -0.2) is 53.8 Å².